The predicted molar refractivity (Wildman–Crippen MR) is 37.4 cm³/mol. The quantitative estimate of drug-likeness (QED) is 0.386. The molecule has 0 atom stereocenters. The molecule has 0 spiro atoms. The number of hydrogen-bond acceptors (Lipinski definition) is 2. The second kappa shape index (κ2) is 5.82. The molecule has 2 heteroatoms. The van der Waals surface area contributed by atoms with Crippen molar-refractivity contribution in [2.45, 2.75) is 0 Å². The van der Waals surface area contributed by atoms with Gasteiger partial charge in [0.2, 0.25) is 0 Å². The van der Waals surface area contributed by atoms with Gasteiger partial charge in [-0.1, -0.05) is 13.2 Å². The van der Waals surface area contributed by atoms with Crippen LogP contribution in [0.15, 0.2) is 35.5 Å². The molecule has 0 fully saturated rings. The van der Waals surface area contributed by atoms with Crippen molar-refractivity contribution >= 4 is 12.4 Å². The van der Waals surface area contributed by atoms with E-state index in [4.69, 9.17) is 0 Å². The van der Waals surface area contributed by atoms with Gasteiger partial charge in [0.1, 0.15) is 0 Å². The summed E-state index contributed by atoms with van der Waals surface area (Å²) < 4.78 is 0. The van der Waals surface area contributed by atoms with Gasteiger partial charge in [-0.05, 0) is 12.2 Å². The summed E-state index contributed by atoms with van der Waals surface area (Å²) >= 11 is 0. The summed E-state index contributed by atoms with van der Waals surface area (Å²) in [5.74, 6) is 0. The van der Waals surface area contributed by atoms with Crippen molar-refractivity contribution in [3.8, 4) is 0 Å². The molecule has 0 radical (unpaired) electrons. The van der Waals surface area contributed by atoms with Gasteiger partial charge in [-0.3, -0.25) is 0 Å². The van der Waals surface area contributed by atoms with Crippen LogP contribution in [0.1, 0.15) is 0 Å². The van der Waals surface area contributed by atoms with E-state index in [0.717, 1.165) is 0 Å². The molecule has 0 aromatic heterocycles. The van der Waals surface area contributed by atoms with Crippen molar-refractivity contribution in [3.63, 3.8) is 0 Å². The molecule has 2 nitrogen and oxygen atoms in total. The summed E-state index contributed by atoms with van der Waals surface area (Å²) in [4.78, 5) is 0. The smallest absolute Gasteiger partial charge is 0.0489 e. The number of rotatable bonds is 3. The van der Waals surface area contributed by atoms with Gasteiger partial charge in [0, 0.05) is 12.4 Å². The van der Waals surface area contributed by atoms with Crippen molar-refractivity contribution in [3.05, 3.63) is 25.3 Å². The van der Waals surface area contributed by atoms with Crippen molar-refractivity contribution in [1.29, 1.82) is 0 Å². The Bertz CT molecular complexity index is 106. The van der Waals surface area contributed by atoms with E-state index in [1.165, 1.54) is 12.4 Å². The van der Waals surface area contributed by atoms with Crippen LogP contribution in [0.2, 0.25) is 0 Å². The molecule has 0 N–H and O–H groups in total. The molecule has 0 saturated heterocycles. The average Bonchev–Trinajstić information content (AvgIpc) is 1.81. The number of hydrogen-bond donors (Lipinski definition) is 0. The van der Waals surface area contributed by atoms with Gasteiger partial charge in [-0.25, -0.2) is 0 Å². The van der Waals surface area contributed by atoms with Crippen LogP contribution in [-0.2, 0) is 0 Å². The van der Waals surface area contributed by atoms with Gasteiger partial charge in [0.25, 0.3) is 0 Å². The summed E-state index contributed by atoms with van der Waals surface area (Å²) in [7, 11) is 0. The standard InChI is InChI=1S/C6H8N2/c1-3-5-7-8-6-4-2/h3-6H,1-2H2/b7-5-,8-6-. The van der Waals surface area contributed by atoms with Crippen LogP contribution in [0.25, 0.3) is 0 Å². The molecule has 0 bridgehead atoms. The molecule has 0 aliphatic rings. The van der Waals surface area contributed by atoms with E-state index in [1.54, 1.807) is 12.2 Å². The van der Waals surface area contributed by atoms with Gasteiger partial charge in [0.05, 0.1) is 0 Å². The highest BCUT2D eigenvalue weighted by Gasteiger charge is 1.55. The maximum atomic E-state index is 3.53. The van der Waals surface area contributed by atoms with Gasteiger partial charge in [-0.15, -0.1) is 0 Å². The lowest BCUT2D eigenvalue weighted by molar-refractivity contribution is 1.27. The van der Waals surface area contributed by atoms with Crippen LogP contribution in [0.3, 0.4) is 0 Å². The maximum absolute atomic E-state index is 3.53. The Morgan fingerprint density at radius 3 is 1.50 bits per heavy atom. The van der Waals surface area contributed by atoms with Gasteiger partial charge in [-0.2, -0.15) is 10.2 Å². The Morgan fingerprint density at radius 1 is 0.875 bits per heavy atom. The Kier molecular flexibility index (Phi) is 4.96. The van der Waals surface area contributed by atoms with Gasteiger partial charge in [0.15, 0.2) is 0 Å². The molecule has 0 heterocycles. The summed E-state index contributed by atoms with van der Waals surface area (Å²) in [6.45, 7) is 6.82. The molecular weight excluding hydrogens is 100 g/mol. The van der Waals surface area contributed by atoms with Crippen LogP contribution in [0, 0.1) is 0 Å². The molecule has 0 aromatic rings. The third-order valence-electron chi connectivity index (χ3n) is 0.411. The third-order valence-corrected chi connectivity index (χ3v) is 0.411. The maximum Gasteiger partial charge on any atom is 0.0489 e. The fourth-order valence-corrected chi connectivity index (χ4v) is 0.171. The molecule has 0 aromatic carbocycles. The van der Waals surface area contributed by atoms with Crippen molar-refractivity contribution < 1.29 is 0 Å². The molecule has 0 saturated carbocycles. The topological polar surface area (TPSA) is 24.7 Å². The molecule has 42 valence electrons. The molecule has 8 heavy (non-hydrogen) atoms. The van der Waals surface area contributed by atoms with E-state index in [0.29, 0.717) is 0 Å². The summed E-state index contributed by atoms with van der Waals surface area (Å²) in [5.41, 5.74) is 0. The highest BCUT2D eigenvalue weighted by molar-refractivity contribution is 5.73. The number of allylic oxidation sites excluding steroid dienone is 2. The van der Waals surface area contributed by atoms with Crippen LogP contribution >= 0.6 is 0 Å². The zero-order valence-corrected chi connectivity index (χ0v) is 4.62. The third kappa shape index (κ3) is 4.82. The molecule has 0 unspecified atom stereocenters. The van der Waals surface area contributed by atoms with Crippen LogP contribution < -0.4 is 0 Å². The van der Waals surface area contributed by atoms with Crippen molar-refractivity contribution in [1.82, 2.24) is 0 Å². The Morgan fingerprint density at radius 2 is 1.25 bits per heavy atom. The van der Waals surface area contributed by atoms with Crippen molar-refractivity contribution in [2.75, 3.05) is 0 Å². The second-order valence-corrected chi connectivity index (χ2v) is 1.00. The minimum absolute atomic E-state index is 1.50. The van der Waals surface area contributed by atoms with Crippen LogP contribution in [0.4, 0.5) is 0 Å². The molecule has 0 rings (SSSR count). The molecule has 0 amide bonds. The largest absolute Gasteiger partial charge is 0.159 e. The van der Waals surface area contributed by atoms with E-state index >= 15 is 0 Å². The minimum atomic E-state index is 1.50. The molecule has 0 aliphatic heterocycles. The van der Waals surface area contributed by atoms with E-state index in [1.807, 2.05) is 0 Å². The zero-order valence-electron chi connectivity index (χ0n) is 4.62. The minimum Gasteiger partial charge on any atom is -0.159 e. The Balaban J connectivity index is 3.41. The molecule has 0 aliphatic carbocycles. The Labute approximate surface area is 48.9 Å². The van der Waals surface area contributed by atoms with Gasteiger partial charge >= 0.3 is 0 Å². The van der Waals surface area contributed by atoms with Crippen LogP contribution in [0.5, 0.6) is 0 Å². The lowest BCUT2D eigenvalue weighted by atomic mass is 10.7. The second-order valence-electron chi connectivity index (χ2n) is 1.00. The van der Waals surface area contributed by atoms with Crippen LogP contribution in [-0.4, -0.2) is 12.4 Å². The number of nitrogens with zero attached hydrogens (tertiary/aromatic N) is 2. The SMILES string of the molecule is C=C/C=N\N=C/C=C. The first kappa shape index (κ1) is 6.82. The highest BCUT2D eigenvalue weighted by Crippen LogP contribution is 1.66. The lowest BCUT2D eigenvalue weighted by Crippen LogP contribution is -1.60. The lowest BCUT2D eigenvalue weighted by Gasteiger charge is -1.68. The molecular formula is C6H8N2. The first-order valence-electron chi connectivity index (χ1n) is 2.20. The van der Waals surface area contributed by atoms with Gasteiger partial charge < -0.3 is 0 Å². The first-order valence-corrected chi connectivity index (χ1v) is 2.20. The Hall–Kier alpha value is -1.18. The first-order chi connectivity index (χ1) is 3.91. The monoisotopic (exact) mass is 108 g/mol. The predicted octanol–water partition coefficient (Wildman–Crippen LogP) is 1.42. The van der Waals surface area contributed by atoms with E-state index in [2.05, 4.69) is 23.4 Å². The van der Waals surface area contributed by atoms with Crippen molar-refractivity contribution in [2.24, 2.45) is 10.2 Å². The summed E-state index contributed by atoms with van der Waals surface area (Å²) in [6.07, 6.45) is 6.11. The normalized spacial score (nSPS) is 10.5. The van der Waals surface area contributed by atoms with E-state index < -0.39 is 0 Å². The summed E-state index contributed by atoms with van der Waals surface area (Å²) in [5, 5.41) is 7.07. The fourth-order valence-electron chi connectivity index (χ4n) is 0.171. The fraction of sp³-hybridized carbons (Fsp3) is 0. The van der Waals surface area contributed by atoms with E-state index in [-0.39, 0.29) is 0 Å². The summed E-state index contributed by atoms with van der Waals surface area (Å²) in [6, 6.07) is 0. The average molecular weight is 108 g/mol. The van der Waals surface area contributed by atoms with E-state index in [9.17, 15) is 0 Å². The zero-order chi connectivity index (χ0) is 6.24. The highest BCUT2D eigenvalue weighted by atomic mass is 15.2.